The molecule has 33 heavy (non-hydrogen) atoms. The maximum absolute atomic E-state index is 12.5. The van der Waals surface area contributed by atoms with E-state index in [0.29, 0.717) is 22.4 Å². The summed E-state index contributed by atoms with van der Waals surface area (Å²) in [5, 5.41) is 6.55. The SMILES string of the molecule is COc1ccc(/C=C/C(=O)NC(=S)Nc2cccc(-c3cc4ccccc4oc3=O)c2)cc1. The van der Waals surface area contributed by atoms with Crippen molar-refractivity contribution in [2.45, 2.75) is 0 Å². The van der Waals surface area contributed by atoms with Crippen LogP contribution >= 0.6 is 12.2 Å². The molecule has 0 unspecified atom stereocenters. The number of fused-ring (bicyclic) bond motifs is 1. The van der Waals surface area contributed by atoms with Gasteiger partial charge < -0.3 is 14.5 Å². The van der Waals surface area contributed by atoms with Gasteiger partial charge in [-0.05, 0) is 65.8 Å². The summed E-state index contributed by atoms with van der Waals surface area (Å²) in [6.45, 7) is 0. The lowest BCUT2D eigenvalue weighted by Crippen LogP contribution is -2.32. The zero-order valence-electron chi connectivity index (χ0n) is 17.7. The second-order valence-electron chi connectivity index (χ2n) is 7.12. The molecule has 7 heteroatoms. The number of nitrogens with one attached hydrogen (secondary N) is 2. The molecule has 4 aromatic rings. The van der Waals surface area contributed by atoms with Crippen molar-refractivity contribution in [3.05, 3.63) is 101 Å². The van der Waals surface area contributed by atoms with Crippen LogP contribution in [0.25, 0.3) is 28.2 Å². The first-order valence-electron chi connectivity index (χ1n) is 10.1. The van der Waals surface area contributed by atoms with Gasteiger partial charge in [0, 0.05) is 17.1 Å². The highest BCUT2D eigenvalue weighted by Gasteiger charge is 2.09. The standard InChI is InChI=1S/C26H20N2O4S/c1-31-21-12-9-17(10-13-21)11-14-24(29)28-26(33)27-20-7-4-6-18(15-20)22-16-19-5-2-3-8-23(19)32-25(22)30/h2-16H,1H3,(H2,27,28,29,33)/b14-11+. The normalized spacial score (nSPS) is 10.8. The number of methoxy groups -OCH3 is 1. The number of rotatable bonds is 5. The molecule has 0 atom stereocenters. The zero-order chi connectivity index (χ0) is 23.2. The Balaban J connectivity index is 1.43. The number of ether oxygens (including phenoxy) is 1. The molecule has 6 nitrogen and oxygen atoms in total. The van der Waals surface area contributed by atoms with Crippen molar-refractivity contribution >= 4 is 46.0 Å². The number of hydrogen-bond donors (Lipinski definition) is 2. The van der Waals surface area contributed by atoms with E-state index >= 15 is 0 Å². The van der Waals surface area contributed by atoms with Gasteiger partial charge >= 0.3 is 5.63 Å². The number of hydrogen-bond acceptors (Lipinski definition) is 5. The highest BCUT2D eigenvalue weighted by Crippen LogP contribution is 2.23. The quantitative estimate of drug-likeness (QED) is 0.250. The van der Waals surface area contributed by atoms with Crippen molar-refractivity contribution in [2.75, 3.05) is 12.4 Å². The van der Waals surface area contributed by atoms with Gasteiger partial charge in [-0.2, -0.15) is 0 Å². The smallest absolute Gasteiger partial charge is 0.344 e. The van der Waals surface area contributed by atoms with Crippen LogP contribution in [-0.4, -0.2) is 18.1 Å². The molecule has 1 aromatic heterocycles. The Hall–Kier alpha value is -4.23. The van der Waals surface area contributed by atoms with E-state index in [-0.39, 0.29) is 11.0 Å². The molecule has 4 rings (SSSR count). The molecule has 0 bridgehead atoms. The van der Waals surface area contributed by atoms with Crippen LogP contribution in [0.2, 0.25) is 0 Å². The number of carbonyl (C=O) groups is 1. The Morgan fingerprint density at radius 1 is 1.00 bits per heavy atom. The maximum Gasteiger partial charge on any atom is 0.344 e. The third kappa shape index (κ3) is 5.53. The summed E-state index contributed by atoms with van der Waals surface area (Å²) < 4.78 is 10.5. The minimum atomic E-state index is -0.426. The molecular formula is C26H20N2O4S. The maximum atomic E-state index is 12.5. The summed E-state index contributed by atoms with van der Waals surface area (Å²) >= 11 is 5.25. The van der Waals surface area contributed by atoms with Crippen molar-refractivity contribution in [3.8, 4) is 16.9 Å². The summed E-state index contributed by atoms with van der Waals surface area (Å²) in [4.78, 5) is 24.6. The molecule has 0 radical (unpaired) electrons. The third-order valence-electron chi connectivity index (χ3n) is 4.85. The predicted molar refractivity (Wildman–Crippen MR) is 134 cm³/mol. The Morgan fingerprint density at radius 2 is 1.79 bits per heavy atom. The molecule has 164 valence electrons. The van der Waals surface area contributed by atoms with Crippen LogP contribution in [0.15, 0.2) is 94.2 Å². The van der Waals surface area contributed by atoms with Gasteiger partial charge in [0.1, 0.15) is 11.3 Å². The van der Waals surface area contributed by atoms with E-state index in [1.807, 2.05) is 48.5 Å². The first-order valence-corrected chi connectivity index (χ1v) is 10.5. The lowest BCUT2D eigenvalue weighted by atomic mass is 10.1. The largest absolute Gasteiger partial charge is 0.497 e. The molecule has 1 amide bonds. The fraction of sp³-hybridized carbons (Fsp3) is 0.0385. The second kappa shape index (κ2) is 9.93. The van der Waals surface area contributed by atoms with Crippen LogP contribution in [0.1, 0.15) is 5.56 Å². The summed E-state index contributed by atoms with van der Waals surface area (Å²) in [5.41, 5.74) is 2.71. The Kier molecular flexibility index (Phi) is 6.61. The molecule has 1 heterocycles. The fourth-order valence-electron chi connectivity index (χ4n) is 3.23. The van der Waals surface area contributed by atoms with Crippen LogP contribution in [0.5, 0.6) is 5.75 Å². The van der Waals surface area contributed by atoms with Crippen molar-refractivity contribution in [1.29, 1.82) is 0 Å². The molecule has 0 saturated heterocycles. The molecule has 0 fully saturated rings. The fourth-order valence-corrected chi connectivity index (χ4v) is 3.45. The van der Waals surface area contributed by atoms with E-state index in [1.165, 1.54) is 6.08 Å². The van der Waals surface area contributed by atoms with Crippen LogP contribution in [-0.2, 0) is 4.79 Å². The van der Waals surface area contributed by atoms with E-state index in [2.05, 4.69) is 10.6 Å². The van der Waals surface area contributed by atoms with Gasteiger partial charge in [0.05, 0.1) is 12.7 Å². The zero-order valence-corrected chi connectivity index (χ0v) is 18.5. The first-order chi connectivity index (χ1) is 16.0. The van der Waals surface area contributed by atoms with Gasteiger partial charge in [0.25, 0.3) is 0 Å². The molecule has 0 aliphatic heterocycles. The monoisotopic (exact) mass is 456 g/mol. The Morgan fingerprint density at radius 3 is 2.58 bits per heavy atom. The van der Waals surface area contributed by atoms with E-state index in [1.54, 1.807) is 43.5 Å². The minimum Gasteiger partial charge on any atom is -0.497 e. The number of amides is 1. The number of thiocarbonyl (C=S) groups is 1. The van der Waals surface area contributed by atoms with E-state index < -0.39 is 5.63 Å². The minimum absolute atomic E-state index is 0.141. The molecule has 0 saturated carbocycles. The Bertz CT molecular complexity index is 1410. The molecular weight excluding hydrogens is 436 g/mol. The molecule has 2 N–H and O–H groups in total. The van der Waals surface area contributed by atoms with Crippen LogP contribution < -0.4 is 21.0 Å². The highest BCUT2D eigenvalue weighted by molar-refractivity contribution is 7.80. The average molecular weight is 457 g/mol. The van der Waals surface area contributed by atoms with Gasteiger partial charge in [-0.1, -0.05) is 42.5 Å². The summed E-state index contributed by atoms with van der Waals surface area (Å²) in [7, 11) is 1.60. The van der Waals surface area contributed by atoms with Gasteiger partial charge in [0.2, 0.25) is 5.91 Å². The number of carbonyl (C=O) groups excluding carboxylic acids is 1. The van der Waals surface area contributed by atoms with E-state index in [0.717, 1.165) is 16.7 Å². The average Bonchev–Trinajstić information content (AvgIpc) is 2.82. The highest BCUT2D eigenvalue weighted by atomic mass is 32.1. The molecule has 0 aliphatic carbocycles. The van der Waals surface area contributed by atoms with Gasteiger partial charge in [-0.15, -0.1) is 0 Å². The summed E-state index contributed by atoms with van der Waals surface area (Å²) in [6, 6.07) is 23.6. The van der Waals surface area contributed by atoms with Crippen LogP contribution in [0, 0.1) is 0 Å². The molecule has 3 aromatic carbocycles. The van der Waals surface area contributed by atoms with Gasteiger partial charge in [-0.3, -0.25) is 10.1 Å². The lowest BCUT2D eigenvalue weighted by molar-refractivity contribution is -0.115. The van der Waals surface area contributed by atoms with E-state index in [4.69, 9.17) is 21.4 Å². The molecule has 0 spiro atoms. The van der Waals surface area contributed by atoms with Crippen LogP contribution in [0.3, 0.4) is 0 Å². The number of para-hydroxylation sites is 1. The Labute approximate surface area is 195 Å². The third-order valence-corrected chi connectivity index (χ3v) is 5.06. The van der Waals surface area contributed by atoms with E-state index in [9.17, 15) is 9.59 Å². The lowest BCUT2D eigenvalue weighted by Gasteiger charge is -2.10. The van der Waals surface area contributed by atoms with Crippen molar-refractivity contribution in [1.82, 2.24) is 5.32 Å². The first kappa shape index (κ1) is 22.0. The summed E-state index contributed by atoms with van der Waals surface area (Å²) in [5.74, 6) is 0.375. The van der Waals surface area contributed by atoms with Gasteiger partial charge in [-0.25, -0.2) is 4.79 Å². The number of anilines is 1. The van der Waals surface area contributed by atoms with Crippen molar-refractivity contribution in [3.63, 3.8) is 0 Å². The van der Waals surface area contributed by atoms with Crippen molar-refractivity contribution in [2.24, 2.45) is 0 Å². The molecule has 0 aliphatic rings. The van der Waals surface area contributed by atoms with Crippen LogP contribution in [0.4, 0.5) is 5.69 Å². The topological polar surface area (TPSA) is 80.6 Å². The number of benzene rings is 3. The predicted octanol–water partition coefficient (Wildman–Crippen LogP) is 5.00. The van der Waals surface area contributed by atoms with Gasteiger partial charge in [0.15, 0.2) is 5.11 Å². The second-order valence-corrected chi connectivity index (χ2v) is 7.52. The van der Waals surface area contributed by atoms with Crippen molar-refractivity contribution < 1.29 is 13.9 Å². The summed E-state index contributed by atoms with van der Waals surface area (Å²) in [6.07, 6.45) is 3.07.